The number of hydrogen-bond donors (Lipinski definition) is 2. The summed E-state index contributed by atoms with van der Waals surface area (Å²) in [5, 5.41) is 14.1. The van der Waals surface area contributed by atoms with Crippen LogP contribution in [0.25, 0.3) is 5.69 Å². The summed E-state index contributed by atoms with van der Waals surface area (Å²) in [5.74, 6) is -0.101. The molecule has 8 nitrogen and oxygen atoms in total. The summed E-state index contributed by atoms with van der Waals surface area (Å²) >= 11 is 0. The number of ether oxygens (including phenoxy) is 1. The van der Waals surface area contributed by atoms with Crippen molar-refractivity contribution in [3.63, 3.8) is 0 Å². The lowest BCUT2D eigenvalue weighted by molar-refractivity contribution is 0.0934. The fourth-order valence-corrected chi connectivity index (χ4v) is 4.07. The highest BCUT2D eigenvalue weighted by atomic mass is 16.5. The van der Waals surface area contributed by atoms with Crippen molar-refractivity contribution in [2.75, 3.05) is 12.4 Å². The summed E-state index contributed by atoms with van der Waals surface area (Å²) in [6, 6.07) is 20.7. The van der Waals surface area contributed by atoms with Crippen molar-refractivity contribution in [2.45, 2.75) is 46.1 Å². The first-order valence-electron chi connectivity index (χ1n) is 12.5. The van der Waals surface area contributed by atoms with Gasteiger partial charge in [-0.2, -0.15) is 0 Å². The molecule has 38 heavy (non-hydrogen) atoms. The Morgan fingerprint density at radius 1 is 0.974 bits per heavy atom. The Morgan fingerprint density at radius 3 is 2.39 bits per heavy atom. The molecule has 0 aliphatic heterocycles. The fourth-order valence-electron chi connectivity index (χ4n) is 4.07. The van der Waals surface area contributed by atoms with E-state index < -0.39 is 0 Å². The number of aryl methyl sites for hydroxylation is 1. The van der Waals surface area contributed by atoms with Crippen LogP contribution in [0.3, 0.4) is 0 Å². The molecule has 0 radical (unpaired) electrons. The van der Waals surface area contributed by atoms with E-state index >= 15 is 0 Å². The molecule has 1 heterocycles. The van der Waals surface area contributed by atoms with Crippen molar-refractivity contribution in [2.24, 2.45) is 0 Å². The molecule has 196 valence electrons. The molecule has 1 aromatic heterocycles. The average molecular weight is 512 g/mol. The second-order valence-corrected chi connectivity index (χ2v) is 10.3. The lowest BCUT2D eigenvalue weighted by Gasteiger charge is -2.21. The van der Waals surface area contributed by atoms with E-state index in [-0.39, 0.29) is 29.0 Å². The molecule has 0 spiro atoms. The van der Waals surface area contributed by atoms with Gasteiger partial charge in [0.1, 0.15) is 5.75 Å². The summed E-state index contributed by atoms with van der Waals surface area (Å²) in [6.07, 6.45) is 1.58. The third-order valence-electron chi connectivity index (χ3n) is 6.40. The first-order valence-corrected chi connectivity index (χ1v) is 12.5. The minimum absolute atomic E-state index is 0.117. The summed E-state index contributed by atoms with van der Waals surface area (Å²) < 4.78 is 6.98. The molecule has 0 bridgehead atoms. The Kier molecular flexibility index (Phi) is 7.62. The third kappa shape index (κ3) is 5.91. The highest BCUT2D eigenvalue weighted by Gasteiger charge is 2.20. The molecule has 2 amide bonds. The molecule has 0 saturated heterocycles. The van der Waals surface area contributed by atoms with Crippen LogP contribution in [-0.2, 0) is 5.41 Å². The number of anilines is 1. The van der Waals surface area contributed by atoms with Crippen molar-refractivity contribution in [3.8, 4) is 11.4 Å². The SMILES string of the molecule is COc1ccc(C(C)(C)C)cc1C(=O)Nc1ccc(C)c(-n2cc(C(=O)N[C@H](C)c3ccccc3)nn2)c1. The van der Waals surface area contributed by atoms with E-state index in [4.69, 9.17) is 4.74 Å². The molecular weight excluding hydrogens is 478 g/mol. The van der Waals surface area contributed by atoms with E-state index in [2.05, 4.69) is 41.7 Å². The van der Waals surface area contributed by atoms with Crippen molar-refractivity contribution < 1.29 is 14.3 Å². The first-order chi connectivity index (χ1) is 18.1. The van der Waals surface area contributed by atoms with E-state index in [0.29, 0.717) is 22.7 Å². The maximum absolute atomic E-state index is 13.2. The van der Waals surface area contributed by atoms with Crippen LogP contribution >= 0.6 is 0 Å². The van der Waals surface area contributed by atoms with Gasteiger partial charge in [-0.15, -0.1) is 5.10 Å². The maximum Gasteiger partial charge on any atom is 0.273 e. The number of amides is 2. The summed E-state index contributed by atoms with van der Waals surface area (Å²) in [7, 11) is 1.55. The van der Waals surface area contributed by atoms with Gasteiger partial charge in [-0.05, 0) is 60.2 Å². The van der Waals surface area contributed by atoms with E-state index in [1.54, 1.807) is 19.4 Å². The number of rotatable bonds is 7. The second kappa shape index (κ2) is 10.9. The van der Waals surface area contributed by atoms with Crippen LogP contribution in [0.1, 0.15) is 71.3 Å². The summed E-state index contributed by atoms with van der Waals surface area (Å²) in [4.78, 5) is 26.0. The third-order valence-corrected chi connectivity index (χ3v) is 6.40. The van der Waals surface area contributed by atoms with Gasteiger partial charge in [-0.3, -0.25) is 9.59 Å². The largest absolute Gasteiger partial charge is 0.496 e. The summed E-state index contributed by atoms with van der Waals surface area (Å²) in [6.45, 7) is 10.1. The number of benzene rings is 3. The number of aromatic nitrogens is 3. The van der Waals surface area contributed by atoms with Gasteiger partial charge in [-0.25, -0.2) is 4.68 Å². The van der Waals surface area contributed by atoms with Crippen LogP contribution in [0.4, 0.5) is 5.69 Å². The number of nitrogens with one attached hydrogen (secondary N) is 2. The van der Waals surface area contributed by atoms with Crippen LogP contribution in [0.2, 0.25) is 0 Å². The molecule has 4 aromatic rings. The average Bonchev–Trinajstić information content (AvgIpc) is 3.39. The quantitative estimate of drug-likeness (QED) is 0.335. The molecule has 4 rings (SSSR count). The number of hydrogen-bond acceptors (Lipinski definition) is 5. The lowest BCUT2D eigenvalue weighted by Crippen LogP contribution is -2.26. The molecule has 0 aliphatic rings. The van der Waals surface area contributed by atoms with Gasteiger partial charge in [0.15, 0.2) is 5.69 Å². The van der Waals surface area contributed by atoms with Gasteiger partial charge in [-0.1, -0.05) is 68.4 Å². The Morgan fingerprint density at radius 2 is 1.71 bits per heavy atom. The van der Waals surface area contributed by atoms with Gasteiger partial charge in [0, 0.05) is 5.69 Å². The van der Waals surface area contributed by atoms with Crippen LogP contribution in [0.15, 0.2) is 72.9 Å². The smallest absolute Gasteiger partial charge is 0.273 e. The fraction of sp³-hybridized carbons (Fsp3) is 0.267. The number of nitrogens with zero attached hydrogens (tertiary/aromatic N) is 3. The zero-order chi connectivity index (χ0) is 27.4. The Balaban J connectivity index is 1.54. The standard InChI is InChI=1S/C30H33N5O3/c1-19-12-14-23(32-28(36)24-16-22(30(3,4)5)13-15-27(24)38-6)17-26(19)35-18-25(33-34-35)29(37)31-20(2)21-10-8-7-9-11-21/h7-18,20H,1-6H3,(H,31,37)(H,32,36)/t20-/m1/s1. The Hall–Kier alpha value is -4.46. The molecule has 0 fully saturated rings. The van der Waals surface area contributed by atoms with Crippen molar-refractivity contribution in [1.82, 2.24) is 20.3 Å². The topological polar surface area (TPSA) is 98.1 Å². The molecule has 2 N–H and O–H groups in total. The molecule has 0 saturated carbocycles. The molecule has 3 aromatic carbocycles. The first kappa shape index (κ1) is 26.6. The molecule has 1 atom stereocenters. The predicted molar refractivity (Wildman–Crippen MR) is 148 cm³/mol. The van der Waals surface area contributed by atoms with Gasteiger partial charge in [0.2, 0.25) is 0 Å². The minimum atomic E-state index is -0.319. The van der Waals surface area contributed by atoms with Crippen LogP contribution < -0.4 is 15.4 Å². The van der Waals surface area contributed by atoms with E-state index in [0.717, 1.165) is 16.7 Å². The Labute approximate surface area is 223 Å². The molecule has 0 aliphatic carbocycles. The molecule has 8 heteroatoms. The number of methoxy groups -OCH3 is 1. The maximum atomic E-state index is 13.2. The normalized spacial score (nSPS) is 12.1. The van der Waals surface area contributed by atoms with E-state index in [1.807, 2.05) is 74.5 Å². The van der Waals surface area contributed by atoms with Gasteiger partial charge in [0.05, 0.1) is 30.6 Å². The predicted octanol–water partition coefficient (Wildman–Crippen LogP) is 5.63. The zero-order valence-corrected chi connectivity index (χ0v) is 22.6. The van der Waals surface area contributed by atoms with Crippen molar-refractivity contribution >= 4 is 17.5 Å². The summed E-state index contributed by atoms with van der Waals surface area (Å²) in [5.41, 5.74) is 4.75. The van der Waals surface area contributed by atoms with Gasteiger partial charge in [0.25, 0.3) is 11.8 Å². The lowest BCUT2D eigenvalue weighted by atomic mass is 9.86. The van der Waals surface area contributed by atoms with Crippen molar-refractivity contribution in [1.29, 1.82) is 0 Å². The van der Waals surface area contributed by atoms with Gasteiger partial charge >= 0.3 is 0 Å². The Bertz CT molecular complexity index is 1450. The van der Waals surface area contributed by atoms with Crippen molar-refractivity contribution in [3.05, 3.63) is 101 Å². The molecule has 0 unspecified atom stereocenters. The highest BCUT2D eigenvalue weighted by molar-refractivity contribution is 6.06. The second-order valence-electron chi connectivity index (χ2n) is 10.3. The molecular formula is C30H33N5O3. The van der Waals surface area contributed by atoms with E-state index in [9.17, 15) is 9.59 Å². The van der Waals surface area contributed by atoms with Crippen LogP contribution in [-0.4, -0.2) is 33.9 Å². The number of carbonyl (C=O) groups is 2. The monoisotopic (exact) mass is 511 g/mol. The van der Waals surface area contributed by atoms with Gasteiger partial charge < -0.3 is 15.4 Å². The highest BCUT2D eigenvalue weighted by Crippen LogP contribution is 2.29. The minimum Gasteiger partial charge on any atom is -0.496 e. The van der Waals surface area contributed by atoms with Crippen LogP contribution in [0.5, 0.6) is 5.75 Å². The van der Waals surface area contributed by atoms with Crippen LogP contribution in [0, 0.1) is 6.92 Å². The number of carbonyl (C=O) groups excluding carboxylic acids is 2. The van der Waals surface area contributed by atoms with E-state index in [1.165, 1.54) is 4.68 Å². The zero-order valence-electron chi connectivity index (χ0n) is 22.6.